The number of aryl methyl sites for hydroxylation is 2. The first-order valence-electron chi connectivity index (χ1n) is 6.45. The Hall–Kier alpha value is -1.78. The lowest BCUT2D eigenvalue weighted by molar-refractivity contribution is -0.138. The van der Waals surface area contributed by atoms with Crippen molar-refractivity contribution in [1.29, 1.82) is 0 Å². The summed E-state index contributed by atoms with van der Waals surface area (Å²) in [4.78, 5) is 23.2. The number of carbonyl (C=O) groups is 2. The van der Waals surface area contributed by atoms with Crippen molar-refractivity contribution in [2.75, 3.05) is 0 Å². The summed E-state index contributed by atoms with van der Waals surface area (Å²) in [6.45, 7) is 7.24. The minimum Gasteiger partial charge on any atom is -0.481 e. The Morgan fingerprint density at radius 1 is 1.32 bits per heavy atom. The van der Waals surface area contributed by atoms with Gasteiger partial charge in [0.2, 0.25) is 0 Å². The Labute approximate surface area is 113 Å². The molecule has 1 aromatic rings. The Balaban J connectivity index is 2.93. The van der Waals surface area contributed by atoms with Crippen LogP contribution in [0.25, 0.3) is 0 Å². The van der Waals surface area contributed by atoms with E-state index in [1.165, 1.54) is 0 Å². The van der Waals surface area contributed by atoms with Gasteiger partial charge in [-0.05, 0) is 32.8 Å². The quantitative estimate of drug-likeness (QED) is 0.830. The van der Waals surface area contributed by atoms with E-state index < -0.39 is 11.5 Å². The number of rotatable bonds is 6. The maximum absolute atomic E-state index is 12.2. The summed E-state index contributed by atoms with van der Waals surface area (Å²) in [5, 5.41) is 11.8. The minimum atomic E-state index is -0.913. The number of hydrogen-bond donors (Lipinski definition) is 2. The third kappa shape index (κ3) is 3.59. The largest absolute Gasteiger partial charge is 0.481 e. The number of furan rings is 1. The summed E-state index contributed by atoms with van der Waals surface area (Å²) in [5.41, 5.74) is -0.241. The van der Waals surface area contributed by atoms with Gasteiger partial charge in [-0.25, -0.2) is 0 Å². The topological polar surface area (TPSA) is 79.5 Å². The molecule has 1 amide bonds. The van der Waals surface area contributed by atoms with Gasteiger partial charge in [-0.2, -0.15) is 0 Å². The van der Waals surface area contributed by atoms with E-state index in [1.807, 2.05) is 13.8 Å². The third-order valence-corrected chi connectivity index (χ3v) is 3.51. The number of nitrogens with one attached hydrogen (secondary N) is 1. The van der Waals surface area contributed by atoms with Crippen LogP contribution in [-0.4, -0.2) is 22.5 Å². The zero-order valence-electron chi connectivity index (χ0n) is 11.9. The standard InChI is InChI=1S/C14H21NO4/c1-5-14(6-2,8-12(16)17)15-13(18)11-7-9(3)19-10(11)4/h7H,5-6,8H2,1-4H3,(H,15,18)(H,16,17). The fraction of sp³-hybridized carbons (Fsp3) is 0.571. The number of carboxylic acids is 1. The van der Waals surface area contributed by atoms with Crippen molar-refractivity contribution >= 4 is 11.9 Å². The Morgan fingerprint density at radius 3 is 2.26 bits per heavy atom. The van der Waals surface area contributed by atoms with Crippen molar-refractivity contribution in [3.05, 3.63) is 23.2 Å². The van der Waals surface area contributed by atoms with E-state index in [-0.39, 0.29) is 12.3 Å². The lowest BCUT2D eigenvalue weighted by Crippen LogP contribution is -2.49. The maximum atomic E-state index is 12.2. The second kappa shape index (κ2) is 5.91. The van der Waals surface area contributed by atoms with E-state index in [2.05, 4.69) is 5.32 Å². The molecule has 0 spiro atoms. The van der Waals surface area contributed by atoms with Crippen LogP contribution in [0.15, 0.2) is 10.5 Å². The van der Waals surface area contributed by atoms with Crippen molar-refractivity contribution in [2.45, 2.75) is 52.5 Å². The van der Waals surface area contributed by atoms with Gasteiger partial charge >= 0.3 is 5.97 Å². The Kier molecular flexibility index (Phi) is 4.75. The van der Waals surface area contributed by atoms with Crippen LogP contribution in [0.5, 0.6) is 0 Å². The maximum Gasteiger partial charge on any atom is 0.305 e. The molecule has 5 heteroatoms. The summed E-state index contributed by atoms with van der Waals surface area (Å²) in [6.07, 6.45) is 1.05. The van der Waals surface area contributed by atoms with Crippen molar-refractivity contribution in [1.82, 2.24) is 5.32 Å². The first kappa shape index (κ1) is 15.3. The molecule has 2 N–H and O–H groups in total. The van der Waals surface area contributed by atoms with Crippen molar-refractivity contribution in [2.24, 2.45) is 0 Å². The lowest BCUT2D eigenvalue weighted by atomic mass is 9.88. The highest BCUT2D eigenvalue weighted by atomic mass is 16.4. The molecule has 0 saturated heterocycles. The van der Waals surface area contributed by atoms with Gasteiger partial charge in [0.25, 0.3) is 5.91 Å². The van der Waals surface area contributed by atoms with Crippen LogP contribution in [0.2, 0.25) is 0 Å². The molecule has 0 bridgehead atoms. The van der Waals surface area contributed by atoms with E-state index in [0.29, 0.717) is 29.9 Å². The van der Waals surface area contributed by atoms with Crippen LogP contribution in [0, 0.1) is 13.8 Å². The molecule has 0 aromatic carbocycles. The van der Waals surface area contributed by atoms with Crippen molar-refractivity contribution < 1.29 is 19.1 Å². The molecule has 19 heavy (non-hydrogen) atoms. The van der Waals surface area contributed by atoms with E-state index in [9.17, 15) is 9.59 Å². The minimum absolute atomic E-state index is 0.0817. The molecule has 1 rings (SSSR count). The van der Waals surface area contributed by atoms with Gasteiger partial charge < -0.3 is 14.8 Å². The molecule has 0 radical (unpaired) electrons. The normalized spacial score (nSPS) is 11.4. The summed E-state index contributed by atoms with van der Waals surface area (Å²) in [5.74, 6) is 0.0225. The first-order chi connectivity index (χ1) is 8.83. The molecular formula is C14H21NO4. The van der Waals surface area contributed by atoms with E-state index in [1.54, 1.807) is 19.9 Å². The van der Waals surface area contributed by atoms with Crippen LogP contribution in [0.4, 0.5) is 0 Å². The van der Waals surface area contributed by atoms with Gasteiger partial charge in [0, 0.05) is 0 Å². The molecule has 5 nitrogen and oxygen atoms in total. The summed E-state index contributed by atoms with van der Waals surface area (Å²) < 4.78 is 5.32. The molecule has 0 unspecified atom stereocenters. The number of amides is 1. The Morgan fingerprint density at radius 2 is 1.89 bits per heavy atom. The fourth-order valence-electron chi connectivity index (χ4n) is 2.17. The zero-order valence-corrected chi connectivity index (χ0v) is 11.9. The second-order valence-electron chi connectivity index (χ2n) is 4.84. The molecule has 0 fully saturated rings. The van der Waals surface area contributed by atoms with Crippen LogP contribution in [0.3, 0.4) is 0 Å². The molecule has 1 aromatic heterocycles. The van der Waals surface area contributed by atoms with Gasteiger partial charge in [0.1, 0.15) is 11.5 Å². The average molecular weight is 267 g/mol. The van der Waals surface area contributed by atoms with Crippen LogP contribution in [-0.2, 0) is 4.79 Å². The lowest BCUT2D eigenvalue weighted by Gasteiger charge is -2.31. The van der Waals surface area contributed by atoms with E-state index in [4.69, 9.17) is 9.52 Å². The van der Waals surface area contributed by atoms with Crippen molar-refractivity contribution in [3.63, 3.8) is 0 Å². The summed E-state index contributed by atoms with van der Waals surface area (Å²) in [6, 6.07) is 1.67. The fourth-order valence-corrected chi connectivity index (χ4v) is 2.17. The summed E-state index contributed by atoms with van der Waals surface area (Å²) in [7, 11) is 0. The van der Waals surface area contributed by atoms with Gasteiger partial charge in [-0.3, -0.25) is 9.59 Å². The highest BCUT2D eigenvalue weighted by Crippen LogP contribution is 2.22. The molecule has 106 valence electrons. The predicted molar refractivity (Wildman–Crippen MR) is 71.2 cm³/mol. The molecule has 0 aliphatic rings. The van der Waals surface area contributed by atoms with Crippen LogP contribution in [0.1, 0.15) is 55.0 Å². The second-order valence-corrected chi connectivity index (χ2v) is 4.84. The van der Waals surface area contributed by atoms with Crippen molar-refractivity contribution in [3.8, 4) is 0 Å². The molecular weight excluding hydrogens is 246 g/mol. The predicted octanol–water partition coefficient (Wildman–Crippen LogP) is 2.66. The first-order valence-corrected chi connectivity index (χ1v) is 6.45. The molecule has 0 atom stereocenters. The smallest absolute Gasteiger partial charge is 0.305 e. The molecule has 0 saturated carbocycles. The highest BCUT2D eigenvalue weighted by molar-refractivity contribution is 5.96. The number of aliphatic carboxylic acids is 1. The van der Waals surface area contributed by atoms with Gasteiger partial charge in [-0.15, -0.1) is 0 Å². The third-order valence-electron chi connectivity index (χ3n) is 3.51. The number of hydrogen-bond acceptors (Lipinski definition) is 3. The number of carboxylic acid groups (broad SMARTS) is 1. The average Bonchev–Trinajstić information content (AvgIpc) is 2.67. The summed E-state index contributed by atoms with van der Waals surface area (Å²) >= 11 is 0. The molecule has 0 aliphatic carbocycles. The van der Waals surface area contributed by atoms with Gasteiger partial charge in [-0.1, -0.05) is 13.8 Å². The number of carbonyl (C=O) groups excluding carboxylic acids is 1. The monoisotopic (exact) mass is 267 g/mol. The van der Waals surface area contributed by atoms with E-state index in [0.717, 1.165) is 0 Å². The molecule has 1 heterocycles. The van der Waals surface area contributed by atoms with Crippen LogP contribution < -0.4 is 5.32 Å². The van der Waals surface area contributed by atoms with Gasteiger partial charge in [0.15, 0.2) is 0 Å². The molecule has 0 aliphatic heterocycles. The van der Waals surface area contributed by atoms with E-state index >= 15 is 0 Å². The Bertz CT molecular complexity index is 472. The zero-order chi connectivity index (χ0) is 14.6. The van der Waals surface area contributed by atoms with Crippen LogP contribution >= 0.6 is 0 Å². The SMILES string of the molecule is CCC(CC)(CC(=O)O)NC(=O)c1cc(C)oc1C. The highest BCUT2D eigenvalue weighted by Gasteiger charge is 2.32. The van der Waals surface area contributed by atoms with Gasteiger partial charge in [0.05, 0.1) is 17.5 Å².